The van der Waals surface area contributed by atoms with Crippen molar-refractivity contribution in [2.45, 2.75) is 57.2 Å². The van der Waals surface area contributed by atoms with E-state index < -0.39 is 0 Å². The maximum Gasteiger partial charge on any atom is 0.139 e. The van der Waals surface area contributed by atoms with E-state index in [9.17, 15) is 5.11 Å². The Morgan fingerprint density at radius 2 is 1.96 bits per heavy atom. The largest absolute Gasteiger partial charge is 0.392 e. The summed E-state index contributed by atoms with van der Waals surface area (Å²) in [5.74, 6) is 1.09. The van der Waals surface area contributed by atoms with Crippen LogP contribution in [0.5, 0.6) is 0 Å². The van der Waals surface area contributed by atoms with Gasteiger partial charge in [0.25, 0.3) is 0 Å². The second kappa shape index (κ2) is 5.81. The molecule has 2 fully saturated rings. The van der Waals surface area contributed by atoms with Gasteiger partial charge in [-0.05, 0) is 45.1 Å². The Morgan fingerprint density at radius 1 is 1.16 bits per heavy atom. The Kier molecular flexibility index (Phi) is 3.57. The topological polar surface area (TPSA) is 70.0 Å². The van der Waals surface area contributed by atoms with Gasteiger partial charge in [0, 0.05) is 36.8 Å². The second-order valence-corrected chi connectivity index (χ2v) is 7.66. The summed E-state index contributed by atoms with van der Waals surface area (Å²) in [5, 5.41) is 11.0. The first-order chi connectivity index (χ1) is 12.2. The summed E-state index contributed by atoms with van der Waals surface area (Å²) in [5.41, 5.74) is 3.16. The van der Waals surface area contributed by atoms with Crippen molar-refractivity contribution in [2.75, 3.05) is 13.1 Å². The number of aliphatic hydroxyl groups excluding tert-OH is 1. The van der Waals surface area contributed by atoms with Gasteiger partial charge in [0.15, 0.2) is 0 Å². The number of rotatable bonds is 2. The molecule has 4 heterocycles. The van der Waals surface area contributed by atoms with Gasteiger partial charge in [-0.3, -0.25) is 4.90 Å². The number of aromatic amines is 1. The van der Waals surface area contributed by atoms with Gasteiger partial charge in [-0.15, -0.1) is 0 Å². The first-order valence-corrected chi connectivity index (χ1v) is 9.43. The molecule has 25 heavy (non-hydrogen) atoms. The molecule has 1 aliphatic carbocycles. The summed E-state index contributed by atoms with van der Waals surface area (Å²) in [6.45, 7) is 4.03. The molecule has 5 rings (SSSR count). The molecule has 6 nitrogen and oxygen atoms in total. The molecule has 0 aromatic carbocycles. The number of nitrogens with one attached hydrogen (secondary N) is 1. The minimum absolute atomic E-state index is 0.119. The molecule has 0 spiro atoms. The lowest BCUT2D eigenvalue weighted by Crippen LogP contribution is -2.37. The third kappa shape index (κ3) is 2.47. The van der Waals surface area contributed by atoms with Crippen molar-refractivity contribution in [3.05, 3.63) is 24.3 Å². The van der Waals surface area contributed by atoms with Crippen LogP contribution >= 0.6 is 0 Å². The highest BCUT2D eigenvalue weighted by molar-refractivity contribution is 6.01. The van der Waals surface area contributed by atoms with Crippen LogP contribution in [0, 0.1) is 6.92 Å². The van der Waals surface area contributed by atoms with Crippen LogP contribution in [0.3, 0.4) is 0 Å². The van der Waals surface area contributed by atoms with Crippen molar-refractivity contribution in [1.29, 1.82) is 0 Å². The van der Waals surface area contributed by atoms with E-state index in [4.69, 9.17) is 4.98 Å². The van der Waals surface area contributed by atoms with Gasteiger partial charge < -0.3 is 14.7 Å². The van der Waals surface area contributed by atoms with Gasteiger partial charge in [0.05, 0.1) is 17.8 Å². The van der Waals surface area contributed by atoms with E-state index in [1.54, 1.807) is 0 Å². The number of aryl methyl sites for hydroxylation is 1. The van der Waals surface area contributed by atoms with E-state index in [0.29, 0.717) is 12.1 Å². The molecule has 1 unspecified atom stereocenters. The molecule has 3 aromatic rings. The number of hydrogen-bond acceptors (Lipinski definition) is 4. The molecule has 6 heteroatoms. The quantitative estimate of drug-likeness (QED) is 0.753. The highest BCUT2D eigenvalue weighted by Gasteiger charge is 2.32. The van der Waals surface area contributed by atoms with Crippen molar-refractivity contribution in [2.24, 2.45) is 0 Å². The zero-order valence-electron chi connectivity index (χ0n) is 14.6. The van der Waals surface area contributed by atoms with Crippen molar-refractivity contribution >= 4 is 22.1 Å². The van der Waals surface area contributed by atoms with Crippen LogP contribution in [0.25, 0.3) is 22.1 Å². The number of hydrogen-bond donors (Lipinski definition) is 2. The predicted molar refractivity (Wildman–Crippen MR) is 97.6 cm³/mol. The Bertz CT molecular complexity index is 905. The Balaban J connectivity index is 1.44. The van der Waals surface area contributed by atoms with Crippen molar-refractivity contribution in [3.63, 3.8) is 0 Å². The number of aromatic nitrogens is 4. The molecule has 0 amide bonds. The van der Waals surface area contributed by atoms with Crippen LogP contribution in [0.4, 0.5) is 0 Å². The number of β-amino-alcohol motifs (C(OH)–C–C–N with tert-alkyl or cyclic N) is 1. The van der Waals surface area contributed by atoms with E-state index >= 15 is 0 Å². The van der Waals surface area contributed by atoms with E-state index in [1.165, 1.54) is 36.6 Å². The molecule has 3 aromatic heterocycles. The summed E-state index contributed by atoms with van der Waals surface area (Å²) in [7, 11) is 0. The normalized spacial score (nSPS) is 28.3. The summed E-state index contributed by atoms with van der Waals surface area (Å²) in [4.78, 5) is 15.0. The molecule has 0 bridgehead atoms. The van der Waals surface area contributed by atoms with Gasteiger partial charge in [-0.1, -0.05) is 0 Å². The number of likely N-dealkylation sites (tertiary alicyclic amines) is 1. The standard InChI is InChI=1S/C19H25N5O/c1-12-22-17-10-21-19-16(6-8-20-19)18(17)24(12)14-4-2-13(3-5-14)23-9-7-15(25)11-23/h6,8,10,13-15,25H,2-5,7,9,11H2,1H3,(H,20,21). The van der Waals surface area contributed by atoms with Crippen molar-refractivity contribution in [1.82, 2.24) is 24.4 Å². The number of H-pyrrole nitrogens is 1. The van der Waals surface area contributed by atoms with Gasteiger partial charge >= 0.3 is 0 Å². The lowest BCUT2D eigenvalue weighted by molar-refractivity contribution is 0.132. The van der Waals surface area contributed by atoms with E-state index in [1.807, 2.05) is 12.4 Å². The van der Waals surface area contributed by atoms with E-state index in [2.05, 4.69) is 32.4 Å². The van der Waals surface area contributed by atoms with Crippen LogP contribution in [-0.4, -0.2) is 54.8 Å². The number of pyridine rings is 1. The highest BCUT2D eigenvalue weighted by atomic mass is 16.3. The fraction of sp³-hybridized carbons (Fsp3) is 0.579. The average Bonchev–Trinajstić information content (AvgIpc) is 3.32. The van der Waals surface area contributed by atoms with Gasteiger partial charge in [0.2, 0.25) is 0 Å². The molecule has 2 N–H and O–H groups in total. The predicted octanol–water partition coefficient (Wildman–Crippen LogP) is 2.77. The molecular formula is C19H25N5O. The minimum atomic E-state index is -0.119. The Labute approximate surface area is 146 Å². The maximum absolute atomic E-state index is 9.80. The highest BCUT2D eigenvalue weighted by Crippen LogP contribution is 2.36. The molecular weight excluding hydrogens is 314 g/mol. The van der Waals surface area contributed by atoms with Crippen LogP contribution in [0.15, 0.2) is 18.5 Å². The van der Waals surface area contributed by atoms with Crippen molar-refractivity contribution in [3.8, 4) is 0 Å². The number of aliphatic hydroxyl groups is 1. The lowest BCUT2D eigenvalue weighted by Gasteiger charge is -2.35. The number of fused-ring (bicyclic) bond motifs is 3. The molecule has 132 valence electrons. The molecule has 1 atom stereocenters. The molecule has 1 saturated carbocycles. The minimum Gasteiger partial charge on any atom is -0.392 e. The summed E-state index contributed by atoms with van der Waals surface area (Å²) < 4.78 is 2.45. The van der Waals surface area contributed by atoms with Gasteiger partial charge in [-0.2, -0.15) is 0 Å². The average molecular weight is 339 g/mol. The number of imidazole rings is 1. The lowest BCUT2D eigenvalue weighted by atomic mass is 9.90. The van der Waals surface area contributed by atoms with Gasteiger partial charge in [-0.25, -0.2) is 9.97 Å². The molecule has 1 aliphatic heterocycles. The third-order valence-corrected chi connectivity index (χ3v) is 6.15. The summed E-state index contributed by atoms with van der Waals surface area (Å²) in [6.07, 6.45) is 9.43. The second-order valence-electron chi connectivity index (χ2n) is 7.66. The van der Waals surface area contributed by atoms with E-state index in [0.717, 1.165) is 36.5 Å². The Hall–Kier alpha value is -1.92. The first-order valence-electron chi connectivity index (χ1n) is 9.43. The maximum atomic E-state index is 9.80. The molecule has 1 saturated heterocycles. The smallest absolute Gasteiger partial charge is 0.139 e. The van der Waals surface area contributed by atoms with Crippen LogP contribution in [-0.2, 0) is 0 Å². The fourth-order valence-corrected chi connectivity index (χ4v) is 4.94. The molecule has 2 aliphatic rings. The van der Waals surface area contributed by atoms with Gasteiger partial charge in [0.1, 0.15) is 17.0 Å². The fourth-order valence-electron chi connectivity index (χ4n) is 4.94. The zero-order valence-corrected chi connectivity index (χ0v) is 14.6. The van der Waals surface area contributed by atoms with Crippen LogP contribution < -0.4 is 0 Å². The zero-order chi connectivity index (χ0) is 17.0. The monoisotopic (exact) mass is 339 g/mol. The summed E-state index contributed by atoms with van der Waals surface area (Å²) >= 11 is 0. The third-order valence-electron chi connectivity index (χ3n) is 6.15. The van der Waals surface area contributed by atoms with Crippen molar-refractivity contribution < 1.29 is 5.11 Å². The van der Waals surface area contributed by atoms with Crippen LogP contribution in [0.1, 0.15) is 44.0 Å². The SMILES string of the molecule is Cc1nc2cnc3[nH]ccc3c2n1C1CCC(N2CCC(O)C2)CC1. The Morgan fingerprint density at radius 3 is 2.72 bits per heavy atom. The van der Waals surface area contributed by atoms with E-state index in [-0.39, 0.29) is 6.10 Å². The number of nitrogens with zero attached hydrogens (tertiary/aromatic N) is 4. The van der Waals surface area contributed by atoms with Crippen LogP contribution in [0.2, 0.25) is 0 Å². The first kappa shape index (κ1) is 15.3. The molecule has 0 radical (unpaired) electrons. The summed E-state index contributed by atoms with van der Waals surface area (Å²) in [6, 6.07) is 3.26.